The molecule has 0 atom stereocenters. The second-order valence-corrected chi connectivity index (χ2v) is 7.52. The molecule has 1 N–H and O–H groups in total. The van der Waals surface area contributed by atoms with Crippen LogP contribution in [-0.2, 0) is 9.59 Å². The van der Waals surface area contributed by atoms with E-state index in [-0.39, 0.29) is 29.6 Å². The van der Waals surface area contributed by atoms with E-state index in [1.54, 1.807) is 7.05 Å². The Kier molecular flexibility index (Phi) is 9.73. The fraction of sp³-hybridized carbons (Fsp3) is 0.800. The zero-order chi connectivity index (χ0) is 17.9. The maximum atomic E-state index is 11.8. The summed E-state index contributed by atoms with van der Waals surface area (Å²) in [6.07, 6.45) is 12.7. The molecule has 1 heterocycles. The predicted octanol–water partition coefficient (Wildman–Crippen LogP) is 4.79. The summed E-state index contributed by atoms with van der Waals surface area (Å²) in [5.41, 5.74) is 0.0129. The molecule has 1 saturated heterocycles. The Morgan fingerprint density at radius 3 is 1.92 bits per heavy atom. The van der Waals surface area contributed by atoms with Crippen molar-refractivity contribution < 1.29 is 14.7 Å². The number of rotatable bonds is 12. The van der Waals surface area contributed by atoms with Crippen molar-refractivity contribution >= 4 is 11.7 Å². The SMILES string of the molecule is CC(C)CCCCCCCCCCC/C(O)=C1/C(=O)CN(C)C1=O. The number of likely N-dealkylation sites (N-methyl/N-ethyl adjacent to an activating group) is 1. The molecule has 0 aliphatic carbocycles. The molecule has 0 unspecified atom stereocenters. The van der Waals surface area contributed by atoms with E-state index in [0.717, 1.165) is 25.2 Å². The number of Topliss-reactive ketones (excluding diaryl/α,β-unsaturated/α-hetero) is 1. The monoisotopic (exact) mass is 337 g/mol. The van der Waals surface area contributed by atoms with Crippen molar-refractivity contribution in [2.24, 2.45) is 5.92 Å². The first-order valence-electron chi connectivity index (χ1n) is 9.64. The van der Waals surface area contributed by atoms with E-state index in [1.807, 2.05) is 0 Å². The number of unbranched alkanes of at least 4 members (excludes halogenated alkanes) is 8. The molecular formula is C20H35NO3. The molecule has 0 saturated carbocycles. The lowest BCUT2D eigenvalue weighted by molar-refractivity contribution is -0.123. The Morgan fingerprint density at radius 2 is 1.46 bits per heavy atom. The van der Waals surface area contributed by atoms with Crippen LogP contribution in [0.2, 0.25) is 0 Å². The highest BCUT2D eigenvalue weighted by Crippen LogP contribution is 2.20. The summed E-state index contributed by atoms with van der Waals surface area (Å²) in [7, 11) is 1.59. The van der Waals surface area contributed by atoms with Gasteiger partial charge in [-0.2, -0.15) is 0 Å². The van der Waals surface area contributed by atoms with Gasteiger partial charge in [-0.25, -0.2) is 0 Å². The Bertz CT molecular complexity index is 440. The number of carbonyl (C=O) groups is 2. The van der Waals surface area contributed by atoms with E-state index in [0.29, 0.717) is 6.42 Å². The molecule has 0 spiro atoms. The maximum absolute atomic E-state index is 11.8. The second-order valence-electron chi connectivity index (χ2n) is 7.52. The van der Waals surface area contributed by atoms with E-state index >= 15 is 0 Å². The Hall–Kier alpha value is -1.32. The molecule has 138 valence electrons. The standard InChI is InChI=1S/C20H35NO3/c1-16(2)13-11-9-7-5-4-6-8-10-12-14-17(22)19-18(23)15-21(3)20(19)24/h16,22H,4-15H2,1-3H3/b19-17+. The van der Waals surface area contributed by atoms with E-state index in [4.69, 9.17) is 0 Å². The Morgan fingerprint density at radius 1 is 0.958 bits per heavy atom. The first kappa shape index (κ1) is 20.7. The van der Waals surface area contributed by atoms with Crippen molar-refractivity contribution in [3.63, 3.8) is 0 Å². The number of likely N-dealkylation sites (tertiary alicyclic amines) is 1. The molecule has 1 rings (SSSR count). The third kappa shape index (κ3) is 7.50. The van der Waals surface area contributed by atoms with Crippen LogP contribution >= 0.6 is 0 Å². The minimum Gasteiger partial charge on any atom is -0.511 e. The number of aliphatic hydroxyl groups excluding tert-OH is 1. The molecule has 1 fully saturated rings. The summed E-state index contributed by atoms with van der Waals surface area (Å²) in [4.78, 5) is 24.8. The highest BCUT2D eigenvalue weighted by Gasteiger charge is 2.33. The van der Waals surface area contributed by atoms with E-state index in [1.165, 1.54) is 49.8 Å². The summed E-state index contributed by atoms with van der Waals surface area (Å²) < 4.78 is 0. The van der Waals surface area contributed by atoms with Gasteiger partial charge in [0.1, 0.15) is 11.3 Å². The highest BCUT2D eigenvalue weighted by molar-refractivity contribution is 6.25. The average molecular weight is 338 g/mol. The van der Waals surface area contributed by atoms with E-state index in [9.17, 15) is 14.7 Å². The van der Waals surface area contributed by atoms with Gasteiger partial charge < -0.3 is 10.0 Å². The van der Waals surface area contributed by atoms with E-state index < -0.39 is 0 Å². The van der Waals surface area contributed by atoms with Gasteiger partial charge >= 0.3 is 0 Å². The van der Waals surface area contributed by atoms with Gasteiger partial charge in [-0.3, -0.25) is 9.59 Å². The summed E-state index contributed by atoms with van der Waals surface area (Å²) in [6.45, 7) is 4.66. The highest BCUT2D eigenvalue weighted by atomic mass is 16.3. The smallest absolute Gasteiger partial charge is 0.261 e. The van der Waals surface area contributed by atoms with Crippen LogP contribution in [0.4, 0.5) is 0 Å². The number of ketones is 1. The number of amides is 1. The first-order valence-corrected chi connectivity index (χ1v) is 9.64. The van der Waals surface area contributed by atoms with Crippen LogP contribution < -0.4 is 0 Å². The van der Waals surface area contributed by atoms with Crippen molar-refractivity contribution in [2.75, 3.05) is 13.6 Å². The molecule has 1 aliphatic rings. The molecule has 24 heavy (non-hydrogen) atoms. The number of aliphatic hydroxyl groups is 1. The molecule has 1 aliphatic heterocycles. The van der Waals surface area contributed by atoms with Gasteiger partial charge in [0.25, 0.3) is 5.91 Å². The van der Waals surface area contributed by atoms with Gasteiger partial charge in [0, 0.05) is 13.5 Å². The van der Waals surface area contributed by atoms with Crippen LogP contribution in [0.1, 0.15) is 84.5 Å². The molecule has 4 nitrogen and oxygen atoms in total. The van der Waals surface area contributed by atoms with Crippen molar-refractivity contribution in [1.29, 1.82) is 0 Å². The van der Waals surface area contributed by atoms with Crippen molar-refractivity contribution in [3.8, 4) is 0 Å². The fourth-order valence-electron chi connectivity index (χ4n) is 3.17. The first-order chi connectivity index (χ1) is 11.4. The number of hydrogen-bond donors (Lipinski definition) is 1. The predicted molar refractivity (Wildman–Crippen MR) is 97.9 cm³/mol. The van der Waals surface area contributed by atoms with Gasteiger partial charge in [-0.1, -0.05) is 71.6 Å². The molecule has 0 aromatic heterocycles. The van der Waals surface area contributed by atoms with Crippen molar-refractivity contribution in [1.82, 2.24) is 4.90 Å². The van der Waals surface area contributed by atoms with Gasteiger partial charge in [0.2, 0.25) is 0 Å². The summed E-state index contributed by atoms with van der Waals surface area (Å²) in [5.74, 6) is 0.221. The second kappa shape index (κ2) is 11.3. The van der Waals surface area contributed by atoms with Gasteiger partial charge in [-0.05, 0) is 12.3 Å². The van der Waals surface area contributed by atoms with Gasteiger partial charge in [-0.15, -0.1) is 0 Å². The van der Waals surface area contributed by atoms with Crippen LogP contribution in [0, 0.1) is 5.92 Å². The normalized spacial score (nSPS) is 17.2. The zero-order valence-corrected chi connectivity index (χ0v) is 15.8. The van der Waals surface area contributed by atoms with Crippen LogP contribution in [0.25, 0.3) is 0 Å². The minimum atomic E-state index is -0.338. The van der Waals surface area contributed by atoms with Crippen LogP contribution in [0.5, 0.6) is 0 Å². The number of allylic oxidation sites excluding steroid dienone is 1. The average Bonchev–Trinajstić information content (AvgIpc) is 2.77. The molecule has 0 radical (unpaired) electrons. The Balaban J connectivity index is 2.02. The fourth-order valence-corrected chi connectivity index (χ4v) is 3.17. The molecular weight excluding hydrogens is 302 g/mol. The van der Waals surface area contributed by atoms with Gasteiger partial charge in [0.05, 0.1) is 6.54 Å². The summed E-state index contributed by atoms with van der Waals surface area (Å²) in [6, 6.07) is 0. The lowest BCUT2D eigenvalue weighted by Gasteiger charge is -2.06. The third-order valence-electron chi connectivity index (χ3n) is 4.70. The van der Waals surface area contributed by atoms with Gasteiger partial charge in [0.15, 0.2) is 5.78 Å². The number of hydrogen-bond acceptors (Lipinski definition) is 3. The molecule has 1 amide bonds. The lowest BCUT2D eigenvalue weighted by Crippen LogP contribution is -2.19. The summed E-state index contributed by atoms with van der Waals surface area (Å²) in [5, 5.41) is 9.98. The molecule has 0 aromatic carbocycles. The molecule has 4 heteroatoms. The minimum absolute atomic E-state index is 0.0129. The van der Waals surface area contributed by atoms with Crippen LogP contribution in [0.15, 0.2) is 11.3 Å². The maximum Gasteiger partial charge on any atom is 0.261 e. The third-order valence-corrected chi connectivity index (χ3v) is 4.70. The van der Waals surface area contributed by atoms with Crippen molar-refractivity contribution in [2.45, 2.75) is 84.5 Å². The quantitative estimate of drug-likeness (QED) is 0.241. The van der Waals surface area contributed by atoms with Crippen molar-refractivity contribution in [3.05, 3.63) is 11.3 Å². The molecule has 0 aromatic rings. The molecule has 0 bridgehead atoms. The number of carbonyl (C=O) groups excluding carboxylic acids is 2. The lowest BCUT2D eigenvalue weighted by atomic mass is 10.0. The zero-order valence-electron chi connectivity index (χ0n) is 15.8. The number of nitrogens with zero attached hydrogens (tertiary/aromatic N) is 1. The summed E-state index contributed by atoms with van der Waals surface area (Å²) >= 11 is 0. The Labute approximate surface area is 147 Å². The van der Waals surface area contributed by atoms with E-state index in [2.05, 4.69) is 13.8 Å². The van der Waals surface area contributed by atoms with Crippen LogP contribution in [0.3, 0.4) is 0 Å². The van der Waals surface area contributed by atoms with Crippen LogP contribution in [-0.4, -0.2) is 35.3 Å². The topological polar surface area (TPSA) is 57.6 Å². The largest absolute Gasteiger partial charge is 0.511 e.